The van der Waals surface area contributed by atoms with Crippen molar-refractivity contribution in [2.45, 2.75) is 31.3 Å². The van der Waals surface area contributed by atoms with E-state index in [1.165, 1.54) is 22.6 Å². The summed E-state index contributed by atoms with van der Waals surface area (Å²) in [4.78, 5) is 13.6. The molecular formula is C27H27FN2O2S. The van der Waals surface area contributed by atoms with Crippen molar-refractivity contribution in [2.24, 2.45) is 0 Å². The van der Waals surface area contributed by atoms with Gasteiger partial charge in [-0.2, -0.15) is 0 Å². The van der Waals surface area contributed by atoms with Gasteiger partial charge in [0.1, 0.15) is 11.5 Å². The summed E-state index contributed by atoms with van der Waals surface area (Å²) in [5.41, 5.74) is 5.08. The van der Waals surface area contributed by atoms with Gasteiger partial charge in [0.15, 0.2) is 0 Å². The largest absolute Gasteiger partial charge is 0.477 e. The van der Waals surface area contributed by atoms with Crippen molar-refractivity contribution in [2.75, 3.05) is 12.8 Å². The van der Waals surface area contributed by atoms with Crippen molar-refractivity contribution in [3.63, 3.8) is 0 Å². The molecule has 0 radical (unpaired) electrons. The Labute approximate surface area is 197 Å². The highest BCUT2D eigenvalue weighted by atomic mass is 32.2. The maximum absolute atomic E-state index is 13.4. The third kappa shape index (κ3) is 5.29. The molecule has 0 aliphatic rings. The molecule has 0 bridgehead atoms. The fourth-order valence-electron chi connectivity index (χ4n) is 4.13. The number of aryl methyl sites for hydroxylation is 1. The Kier molecular flexibility index (Phi) is 7.16. The maximum Gasteiger partial charge on any atom is 0.352 e. The minimum atomic E-state index is -0.963. The molecule has 4 rings (SSSR count). The van der Waals surface area contributed by atoms with Crippen LogP contribution in [-0.2, 0) is 19.5 Å². The number of aromatic nitrogens is 1. The number of carboxylic acids is 1. The predicted octanol–water partition coefficient (Wildman–Crippen LogP) is 5.89. The van der Waals surface area contributed by atoms with Crippen molar-refractivity contribution >= 4 is 28.6 Å². The standard InChI is InChI=1S/C27H27FN2O2S/c1-18-3-12-23-24(16-29-14-13-19-6-10-22(33-2)11-7-19)26(27(31)32)30(25(23)15-18)17-20-4-8-21(28)9-5-20/h3-12,15,29H,13-14,16-17H2,1-2H3,(H,31,32). The number of thioether (sulfide) groups is 1. The number of aromatic carboxylic acids is 1. The summed E-state index contributed by atoms with van der Waals surface area (Å²) < 4.78 is 15.2. The van der Waals surface area contributed by atoms with Crippen LogP contribution in [0.4, 0.5) is 4.39 Å². The van der Waals surface area contributed by atoms with Crippen molar-refractivity contribution in [3.05, 3.63) is 100 Å². The molecule has 0 saturated heterocycles. The summed E-state index contributed by atoms with van der Waals surface area (Å²) in [5, 5.41) is 14.5. The zero-order chi connectivity index (χ0) is 23.4. The lowest BCUT2D eigenvalue weighted by Crippen LogP contribution is -2.19. The van der Waals surface area contributed by atoms with Crippen LogP contribution in [0.5, 0.6) is 0 Å². The second-order valence-corrected chi connectivity index (χ2v) is 9.02. The van der Waals surface area contributed by atoms with E-state index in [0.29, 0.717) is 13.1 Å². The van der Waals surface area contributed by atoms with Crippen molar-refractivity contribution in [1.29, 1.82) is 0 Å². The van der Waals surface area contributed by atoms with Gasteiger partial charge in [-0.15, -0.1) is 11.8 Å². The van der Waals surface area contributed by atoms with E-state index in [9.17, 15) is 14.3 Å². The molecule has 33 heavy (non-hydrogen) atoms. The second-order valence-electron chi connectivity index (χ2n) is 8.14. The van der Waals surface area contributed by atoms with Crippen LogP contribution >= 0.6 is 11.8 Å². The fraction of sp³-hybridized carbons (Fsp3) is 0.222. The molecule has 4 aromatic rings. The SMILES string of the molecule is CSc1ccc(CCNCc2c(C(=O)O)n(Cc3ccc(F)cc3)c3cc(C)ccc23)cc1. The molecule has 0 saturated carbocycles. The lowest BCUT2D eigenvalue weighted by molar-refractivity contribution is 0.0684. The van der Waals surface area contributed by atoms with Gasteiger partial charge in [0.25, 0.3) is 0 Å². The highest BCUT2D eigenvalue weighted by Gasteiger charge is 2.22. The monoisotopic (exact) mass is 462 g/mol. The van der Waals surface area contributed by atoms with Crippen LogP contribution in [0.15, 0.2) is 71.6 Å². The third-order valence-corrected chi connectivity index (χ3v) is 6.58. The Morgan fingerprint density at radius 1 is 1.03 bits per heavy atom. The molecule has 0 atom stereocenters. The van der Waals surface area contributed by atoms with Gasteiger partial charge >= 0.3 is 5.97 Å². The van der Waals surface area contributed by atoms with Gasteiger partial charge in [0, 0.05) is 34.5 Å². The number of carbonyl (C=O) groups is 1. The van der Waals surface area contributed by atoms with E-state index in [0.717, 1.165) is 40.6 Å². The van der Waals surface area contributed by atoms with E-state index in [4.69, 9.17) is 0 Å². The van der Waals surface area contributed by atoms with Gasteiger partial charge in [0.05, 0.1) is 0 Å². The van der Waals surface area contributed by atoms with E-state index >= 15 is 0 Å². The number of halogens is 1. The second kappa shape index (κ2) is 10.2. The summed E-state index contributed by atoms with van der Waals surface area (Å²) in [7, 11) is 0. The summed E-state index contributed by atoms with van der Waals surface area (Å²) in [6.45, 7) is 3.56. The zero-order valence-corrected chi connectivity index (χ0v) is 19.6. The molecule has 170 valence electrons. The van der Waals surface area contributed by atoms with Crippen LogP contribution in [0.25, 0.3) is 10.9 Å². The van der Waals surface area contributed by atoms with Crippen molar-refractivity contribution in [1.82, 2.24) is 9.88 Å². The predicted molar refractivity (Wildman–Crippen MR) is 133 cm³/mol. The van der Waals surface area contributed by atoms with Gasteiger partial charge in [-0.05, 0) is 73.2 Å². The first-order chi connectivity index (χ1) is 16.0. The van der Waals surface area contributed by atoms with E-state index in [1.807, 2.05) is 29.7 Å². The van der Waals surface area contributed by atoms with Crippen LogP contribution in [0, 0.1) is 12.7 Å². The van der Waals surface area contributed by atoms with Gasteiger partial charge in [-0.25, -0.2) is 9.18 Å². The smallest absolute Gasteiger partial charge is 0.352 e. The van der Waals surface area contributed by atoms with Crippen molar-refractivity contribution < 1.29 is 14.3 Å². The molecule has 0 unspecified atom stereocenters. The molecule has 4 nitrogen and oxygen atoms in total. The molecule has 0 amide bonds. The lowest BCUT2D eigenvalue weighted by atomic mass is 10.1. The Hall–Kier alpha value is -3.09. The average molecular weight is 463 g/mol. The summed E-state index contributed by atoms with van der Waals surface area (Å²) in [6, 6.07) is 20.7. The van der Waals surface area contributed by atoms with Crippen molar-refractivity contribution in [3.8, 4) is 0 Å². The number of rotatable bonds is 9. The third-order valence-electron chi connectivity index (χ3n) is 5.83. The highest BCUT2D eigenvalue weighted by molar-refractivity contribution is 7.98. The maximum atomic E-state index is 13.4. The first kappa shape index (κ1) is 23.1. The number of fused-ring (bicyclic) bond motifs is 1. The first-order valence-electron chi connectivity index (χ1n) is 10.9. The molecule has 6 heteroatoms. The Bertz CT molecular complexity index is 1260. The molecule has 3 aromatic carbocycles. The van der Waals surface area contributed by atoms with Crippen LogP contribution in [0.3, 0.4) is 0 Å². The topological polar surface area (TPSA) is 54.3 Å². The number of carboxylic acid groups (broad SMARTS) is 1. The van der Waals surface area contributed by atoms with Crippen LogP contribution in [0.1, 0.15) is 32.7 Å². The normalized spacial score (nSPS) is 11.2. The molecule has 1 aromatic heterocycles. The summed E-state index contributed by atoms with van der Waals surface area (Å²) >= 11 is 1.72. The molecule has 0 aliphatic heterocycles. The fourth-order valence-corrected chi connectivity index (χ4v) is 4.54. The minimum Gasteiger partial charge on any atom is -0.477 e. The van der Waals surface area contributed by atoms with Gasteiger partial charge < -0.3 is 15.0 Å². The summed E-state index contributed by atoms with van der Waals surface area (Å²) in [6.07, 6.45) is 2.93. The number of nitrogens with zero attached hydrogens (tertiary/aromatic N) is 1. The average Bonchev–Trinajstić information content (AvgIpc) is 3.11. The van der Waals surface area contributed by atoms with Crippen LogP contribution in [-0.4, -0.2) is 28.4 Å². The van der Waals surface area contributed by atoms with E-state index in [2.05, 4.69) is 35.8 Å². The zero-order valence-electron chi connectivity index (χ0n) is 18.8. The lowest BCUT2D eigenvalue weighted by Gasteiger charge is -2.10. The number of hydrogen-bond acceptors (Lipinski definition) is 3. The molecular weight excluding hydrogens is 435 g/mol. The Morgan fingerprint density at radius 3 is 2.39 bits per heavy atom. The van der Waals surface area contributed by atoms with Gasteiger partial charge in [-0.1, -0.05) is 36.4 Å². The Balaban J connectivity index is 1.60. The number of nitrogens with one attached hydrogen (secondary N) is 1. The van der Waals surface area contributed by atoms with Gasteiger partial charge in [0.2, 0.25) is 0 Å². The molecule has 0 aliphatic carbocycles. The van der Waals surface area contributed by atoms with Crippen LogP contribution < -0.4 is 5.32 Å². The van der Waals surface area contributed by atoms with E-state index < -0.39 is 5.97 Å². The minimum absolute atomic E-state index is 0.275. The first-order valence-corrected chi connectivity index (χ1v) is 12.1. The molecule has 0 fully saturated rings. The molecule has 0 spiro atoms. The van der Waals surface area contributed by atoms with Gasteiger partial charge in [-0.3, -0.25) is 0 Å². The van der Waals surface area contributed by atoms with E-state index in [-0.39, 0.29) is 11.5 Å². The number of benzene rings is 3. The molecule has 1 heterocycles. The van der Waals surface area contributed by atoms with E-state index in [1.54, 1.807) is 23.9 Å². The van der Waals surface area contributed by atoms with Crippen LogP contribution in [0.2, 0.25) is 0 Å². The Morgan fingerprint density at radius 2 is 1.73 bits per heavy atom. The summed E-state index contributed by atoms with van der Waals surface area (Å²) in [5.74, 6) is -1.27. The highest BCUT2D eigenvalue weighted by Crippen LogP contribution is 2.29. The number of hydrogen-bond donors (Lipinski definition) is 2. The quantitative estimate of drug-likeness (QED) is 0.241. The molecule has 2 N–H and O–H groups in total.